The molecule has 1 aromatic heterocycles. The highest BCUT2D eigenvalue weighted by Crippen LogP contribution is 2.40. The molecule has 0 aromatic carbocycles. The van der Waals surface area contributed by atoms with Crippen molar-refractivity contribution >= 4 is 57.8 Å². The van der Waals surface area contributed by atoms with Gasteiger partial charge in [-0.25, -0.2) is 0 Å². The molecule has 36 heavy (non-hydrogen) atoms. The Bertz CT molecular complexity index is 1160. The zero-order valence-corrected chi connectivity index (χ0v) is 21.4. The van der Waals surface area contributed by atoms with Crippen LogP contribution in [0.25, 0.3) is 0 Å². The van der Waals surface area contributed by atoms with E-state index in [1.807, 2.05) is 0 Å². The maximum atomic E-state index is 12.9. The third-order valence-corrected chi connectivity index (χ3v) is 6.98. The molecule has 2 atom stereocenters. The van der Waals surface area contributed by atoms with Crippen LogP contribution < -0.4 is 21.9 Å². The second kappa shape index (κ2) is 11.0. The average Bonchev–Trinajstić information content (AvgIpc) is 3.21. The van der Waals surface area contributed by atoms with Crippen LogP contribution in [0, 0.1) is 0 Å². The minimum Gasteiger partial charge on any atom is -0.543 e. The van der Waals surface area contributed by atoms with Gasteiger partial charge in [-0.05, 0) is 18.6 Å². The summed E-state index contributed by atoms with van der Waals surface area (Å²) in [5.41, 5.74) is 10.7. The molecule has 0 saturated carbocycles. The van der Waals surface area contributed by atoms with Gasteiger partial charge in [0.2, 0.25) is 11.5 Å². The number of β-lactam (4-membered cyclic amide) rings is 1. The lowest BCUT2D eigenvalue weighted by Crippen LogP contribution is -2.71. The summed E-state index contributed by atoms with van der Waals surface area (Å²) in [6.45, 7) is 2.37. The van der Waals surface area contributed by atoms with Gasteiger partial charge in [0.05, 0.1) is 32.3 Å². The van der Waals surface area contributed by atoms with Crippen molar-refractivity contribution in [1.82, 2.24) is 19.6 Å². The number of nitrogens with two attached hydrogens (primary N) is 2. The summed E-state index contributed by atoms with van der Waals surface area (Å²) in [6, 6.07) is -1.00. The molecule has 3 amide bonds. The van der Waals surface area contributed by atoms with Crippen LogP contribution in [-0.2, 0) is 24.0 Å². The van der Waals surface area contributed by atoms with E-state index in [1.54, 1.807) is 33.2 Å². The molecule has 0 aliphatic carbocycles. The number of carbonyl (C=O) groups excluding carboxylic acids is 4. The summed E-state index contributed by atoms with van der Waals surface area (Å²) in [5.74, 6) is -3.14. The van der Waals surface area contributed by atoms with Gasteiger partial charge in [-0.2, -0.15) is 9.36 Å². The number of carboxylic acid groups (broad SMARTS) is 1. The normalized spacial score (nSPS) is 20.2. The van der Waals surface area contributed by atoms with E-state index in [0.29, 0.717) is 12.1 Å². The number of hydrogen-bond donors (Lipinski definition) is 3. The number of likely N-dealkylation sites (N-methyl/N-ethyl adjacent to an activating group) is 1. The van der Waals surface area contributed by atoms with Crippen LogP contribution in [0.4, 0.5) is 5.13 Å². The fourth-order valence-corrected chi connectivity index (χ4v) is 5.33. The molecule has 14 nitrogen and oxygen atoms in total. The van der Waals surface area contributed by atoms with Crippen molar-refractivity contribution < 1.29 is 33.6 Å². The first-order valence-electron chi connectivity index (χ1n) is 10.7. The van der Waals surface area contributed by atoms with Crippen LogP contribution in [-0.4, -0.2) is 99.1 Å². The van der Waals surface area contributed by atoms with Gasteiger partial charge in [-0.1, -0.05) is 11.2 Å². The number of nitrogen functional groups attached to an aromatic ring is 1. The SMILES string of the molecule is CCO/N=C(\C(=O)N[C@@H]1C(=O)N2C(C(=O)[O-])=C(/C=C/C[N+](C)(C)CC(N)=O)CS[C@@H]12)c1nsc(N)n1. The minimum atomic E-state index is -1.51. The highest BCUT2D eigenvalue weighted by molar-refractivity contribution is 8.00. The van der Waals surface area contributed by atoms with Crippen LogP contribution in [0.2, 0.25) is 0 Å². The van der Waals surface area contributed by atoms with Crippen molar-refractivity contribution in [3.05, 3.63) is 29.2 Å². The molecule has 1 fully saturated rings. The molecule has 0 bridgehead atoms. The molecule has 0 unspecified atom stereocenters. The largest absolute Gasteiger partial charge is 0.543 e. The Balaban J connectivity index is 1.76. The predicted molar refractivity (Wildman–Crippen MR) is 130 cm³/mol. The Hall–Kier alpha value is -3.50. The minimum absolute atomic E-state index is 0.0521. The monoisotopic (exact) mass is 538 g/mol. The molecule has 5 N–H and O–H groups in total. The van der Waals surface area contributed by atoms with E-state index in [1.165, 1.54) is 11.8 Å². The number of aliphatic carboxylic acids is 1. The van der Waals surface area contributed by atoms with Crippen LogP contribution in [0.15, 0.2) is 28.6 Å². The summed E-state index contributed by atoms with van der Waals surface area (Å²) in [4.78, 5) is 58.9. The summed E-state index contributed by atoms with van der Waals surface area (Å²) in [7, 11) is 3.61. The molecule has 16 heteroatoms. The molecule has 2 aliphatic heterocycles. The number of carbonyl (C=O) groups is 4. The molecular formula is C20H26N8O6S2. The van der Waals surface area contributed by atoms with E-state index in [-0.39, 0.29) is 45.8 Å². The Labute approximate surface area is 214 Å². The lowest BCUT2D eigenvalue weighted by Gasteiger charge is -2.50. The number of fused-ring (bicyclic) bond motifs is 1. The van der Waals surface area contributed by atoms with Crippen LogP contribution >= 0.6 is 23.3 Å². The van der Waals surface area contributed by atoms with Crippen molar-refractivity contribution in [2.75, 3.05) is 45.3 Å². The van der Waals surface area contributed by atoms with E-state index in [2.05, 4.69) is 19.8 Å². The van der Waals surface area contributed by atoms with Gasteiger partial charge >= 0.3 is 0 Å². The molecule has 3 heterocycles. The topological polar surface area (TPSA) is 206 Å². The summed E-state index contributed by atoms with van der Waals surface area (Å²) in [6.07, 6.45) is 3.31. The number of nitrogens with zero attached hydrogens (tertiary/aromatic N) is 5. The Morgan fingerprint density at radius 2 is 2.11 bits per heavy atom. The number of anilines is 1. The number of aromatic nitrogens is 2. The first kappa shape index (κ1) is 27.1. The average molecular weight is 539 g/mol. The standard InChI is InChI=1S/C20H26N8O6S2/c1-4-34-25-12(15-24-20(22)36-26-15)16(30)23-13-17(31)27-14(19(32)33)10(9-35-18(13)27)6-5-7-28(2,3)8-11(21)29/h5-6,13,18H,4,7-9H2,1-3H3,(H5-,21,22,23,24,26,29,30,32,33)/b6-5+,25-12-/t13-,18+/m1/s1. The maximum absolute atomic E-state index is 12.9. The summed E-state index contributed by atoms with van der Waals surface area (Å²) >= 11 is 2.15. The number of thioether (sulfide) groups is 1. The Morgan fingerprint density at radius 3 is 2.69 bits per heavy atom. The van der Waals surface area contributed by atoms with Gasteiger partial charge < -0.3 is 36.0 Å². The number of nitrogens with one attached hydrogen (secondary N) is 1. The first-order valence-corrected chi connectivity index (χ1v) is 12.5. The molecule has 0 radical (unpaired) electrons. The Morgan fingerprint density at radius 1 is 1.39 bits per heavy atom. The number of hydrogen-bond acceptors (Lipinski definition) is 12. The van der Waals surface area contributed by atoms with Gasteiger partial charge in [0.25, 0.3) is 17.7 Å². The predicted octanol–water partition coefficient (Wildman–Crippen LogP) is -2.62. The molecule has 0 spiro atoms. The van der Waals surface area contributed by atoms with Crippen molar-refractivity contribution in [3.8, 4) is 0 Å². The van der Waals surface area contributed by atoms with Gasteiger partial charge in [0, 0.05) is 17.3 Å². The number of carboxylic acids is 1. The van der Waals surface area contributed by atoms with Crippen molar-refractivity contribution in [2.24, 2.45) is 10.9 Å². The van der Waals surface area contributed by atoms with Crippen LogP contribution in [0.3, 0.4) is 0 Å². The molecule has 194 valence electrons. The zero-order chi connectivity index (χ0) is 26.6. The van der Waals surface area contributed by atoms with Gasteiger partial charge in [0.1, 0.15) is 18.0 Å². The number of amides is 3. The first-order chi connectivity index (χ1) is 16.9. The van der Waals surface area contributed by atoms with E-state index >= 15 is 0 Å². The lowest BCUT2D eigenvalue weighted by atomic mass is 10.0. The van der Waals surface area contributed by atoms with Crippen molar-refractivity contribution in [1.29, 1.82) is 0 Å². The molecular weight excluding hydrogens is 512 g/mol. The van der Waals surface area contributed by atoms with Gasteiger partial charge in [0.15, 0.2) is 11.7 Å². The summed E-state index contributed by atoms with van der Waals surface area (Å²) < 4.78 is 4.23. The molecule has 2 aliphatic rings. The number of allylic oxidation sites excluding steroid dienone is 1. The van der Waals surface area contributed by atoms with Gasteiger partial charge in [-0.3, -0.25) is 19.3 Å². The van der Waals surface area contributed by atoms with E-state index in [4.69, 9.17) is 16.3 Å². The van der Waals surface area contributed by atoms with E-state index < -0.39 is 35.1 Å². The third-order valence-electron chi connectivity index (χ3n) is 5.13. The van der Waals surface area contributed by atoms with E-state index in [0.717, 1.165) is 16.4 Å². The highest BCUT2D eigenvalue weighted by Gasteiger charge is 2.53. The maximum Gasteiger partial charge on any atom is 0.278 e. The molecule has 3 rings (SSSR count). The molecule has 1 aromatic rings. The number of quaternary nitrogens is 1. The summed E-state index contributed by atoms with van der Waals surface area (Å²) in [5, 5.41) is 17.7. The lowest BCUT2D eigenvalue weighted by molar-refractivity contribution is -0.876. The number of primary amides is 1. The van der Waals surface area contributed by atoms with Gasteiger partial charge in [-0.15, -0.1) is 11.8 Å². The fraction of sp³-hybridized carbons (Fsp3) is 0.450. The van der Waals surface area contributed by atoms with Crippen molar-refractivity contribution in [2.45, 2.75) is 18.3 Å². The highest BCUT2D eigenvalue weighted by atomic mass is 32.2. The number of oxime groups is 1. The Kier molecular flexibility index (Phi) is 8.31. The number of rotatable bonds is 11. The van der Waals surface area contributed by atoms with Crippen LogP contribution in [0.1, 0.15) is 12.7 Å². The van der Waals surface area contributed by atoms with Crippen LogP contribution in [0.5, 0.6) is 0 Å². The molecule has 1 saturated heterocycles. The van der Waals surface area contributed by atoms with Crippen molar-refractivity contribution in [3.63, 3.8) is 0 Å². The quantitative estimate of drug-likeness (QED) is 0.116. The second-order valence-electron chi connectivity index (χ2n) is 8.48. The third kappa shape index (κ3) is 6.00. The van der Waals surface area contributed by atoms with E-state index in [9.17, 15) is 24.3 Å². The smallest absolute Gasteiger partial charge is 0.278 e. The fourth-order valence-electron chi connectivity index (χ4n) is 3.58. The second-order valence-corrected chi connectivity index (χ2v) is 10.4. The zero-order valence-electron chi connectivity index (χ0n) is 19.8.